The Morgan fingerprint density at radius 2 is 1.94 bits per heavy atom. The Kier molecular flexibility index (Phi) is 3.19. The summed E-state index contributed by atoms with van der Waals surface area (Å²) in [7, 11) is 1.38. The van der Waals surface area contributed by atoms with E-state index in [0.29, 0.717) is 5.56 Å². The molecular formula is C14H13NO2. The maximum atomic E-state index is 11.6. The van der Waals surface area contributed by atoms with Crippen LogP contribution in [-0.2, 0) is 4.74 Å². The summed E-state index contributed by atoms with van der Waals surface area (Å²) >= 11 is 0. The number of aryl methyl sites for hydroxylation is 1. The van der Waals surface area contributed by atoms with Gasteiger partial charge in [-0.2, -0.15) is 0 Å². The van der Waals surface area contributed by atoms with Crippen molar-refractivity contribution in [1.29, 1.82) is 0 Å². The van der Waals surface area contributed by atoms with Gasteiger partial charge in [0.1, 0.15) is 0 Å². The predicted molar refractivity (Wildman–Crippen MR) is 65.7 cm³/mol. The van der Waals surface area contributed by atoms with Crippen LogP contribution in [0.4, 0.5) is 0 Å². The summed E-state index contributed by atoms with van der Waals surface area (Å²) in [5, 5.41) is 0. The molecule has 2 aromatic rings. The molecule has 0 saturated heterocycles. The molecule has 0 unspecified atom stereocenters. The Labute approximate surface area is 100 Å². The highest BCUT2D eigenvalue weighted by Crippen LogP contribution is 2.22. The topological polar surface area (TPSA) is 39.2 Å². The molecule has 0 spiro atoms. The summed E-state index contributed by atoms with van der Waals surface area (Å²) in [5.74, 6) is -0.344. The maximum absolute atomic E-state index is 11.6. The highest BCUT2D eigenvalue weighted by molar-refractivity contribution is 5.96. The predicted octanol–water partition coefficient (Wildman–Crippen LogP) is 2.84. The fourth-order valence-corrected chi connectivity index (χ4v) is 1.62. The van der Waals surface area contributed by atoms with Crippen LogP contribution in [0, 0.1) is 6.92 Å². The fraction of sp³-hybridized carbons (Fsp3) is 0.143. The highest BCUT2D eigenvalue weighted by atomic mass is 16.5. The lowest BCUT2D eigenvalue weighted by Crippen LogP contribution is -2.03. The van der Waals surface area contributed by atoms with Gasteiger partial charge in [0, 0.05) is 11.8 Å². The zero-order valence-corrected chi connectivity index (χ0v) is 9.81. The number of nitrogens with zero attached hydrogens (tertiary/aromatic N) is 1. The van der Waals surface area contributed by atoms with Crippen LogP contribution >= 0.6 is 0 Å². The van der Waals surface area contributed by atoms with Gasteiger partial charge in [0.05, 0.1) is 18.4 Å². The van der Waals surface area contributed by atoms with E-state index in [2.05, 4.69) is 4.98 Å². The summed E-state index contributed by atoms with van der Waals surface area (Å²) < 4.78 is 4.76. The first-order valence-corrected chi connectivity index (χ1v) is 5.33. The van der Waals surface area contributed by atoms with Gasteiger partial charge in [-0.1, -0.05) is 24.3 Å². The normalized spacial score (nSPS) is 10.0. The van der Waals surface area contributed by atoms with Gasteiger partial charge in [-0.15, -0.1) is 0 Å². The molecule has 3 nitrogen and oxygen atoms in total. The van der Waals surface area contributed by atoms with Crippen molar-refractivity contribution in [3.05, 3.63) is 53.7 Å². The summed E-state index contributed by atoms with van der Waals surface area (Å²) in [4.78, 5) is 15.9. The molecule has 1 heterocycles. The van der Waals surface area contributed by atoms with Gasteiger partial charge in [-0.3, -0.25) is 4.98 Å². The number of carbonyl (C=O) groups is 1. The molecule has 0 aliphatic carbocycles. The van der Waals surface area contributed by atoms with Gasteiger partial charge in [-0.25, -0.2) is 4.79 Å². The number of hydrogen-bond donors (Lipinski definition) is 0. The first kappa shape index (κ1) is 11.3. The maximum Gasteiger partial charge on any atom is 0.338 e. The van der Waals surface area contributed by atoms with E-state index >= 15 is 0 Å². The van der Waals surface area contributed by atoms with Gasteiger partial charge in [0.15, 0.2) is 0 Å². The Morgan fingerprint density at radius 3 is 2.59 bits per heavy atom. The lowest BCUT2D eigenvalue weighted by molar-refractivity contribution is 0.0601. The van der Waals surface area contributed by atoms with E-state index in [4.69, 9.17) is 4.74 Å². The van der Waals surface area contributed by atoms with Crippen molar-refractivity contribution in [2.45, 2.75) is 6.92 Å². The summed E-state index contributed by atoms with van der Waals surface area (Å²) in [5.41, 5.74) is 3.19. The molecule has 0 atom stereocenters. The fourth-order valence-electron chi connectivity index (χ4n) is 1.62. The van der Waals surface area contributed by atoms with Gasteiger partial charge in [0.25, 0.3) is 0 Å². The molecule has 0 radical (unpaired) electrons. The Balaban J connectivity index is 2.51. The van der Waals surface area contributed by atoms with E-state index in [1.807, 2.05) is 37.3 Å². The number of esters is 1. The Hall–Kier alpha value is -2.16. The van der Waals surface area contributed by atoms with Crippen molar-refractivity contribution in [1.82, 2.24) is 4.98 Å². The molecule has 0 aliphatic rings. The lowest BCUT2D eigenvalue weighted by atomic mass is 10.0. The van der Waals surface area contributed by atoms with Crippen LogP contribution in [0.2, 0.25) is 0 Å². The van der Waals surface area contributed by atoms with Crippen molar-refractivity contribution in [2.75, 3.05) is 7.11 Å². The zero-order chi connectivity index (χ0) is 12.3. The lowest BCUT2D eigenvalue weighted by Gasteiger charge is -2.07. The Morgan fingerprint density at radius 1 is 1.18 bits per heavy atom. The van der Waals surface area contributed by atoms with Crippen molar-refractivity contribution in [2.24, 2.45) is 0 Å². The molecular weight excluding hydrogens is 214 g/mol. The average Bonchev–Trinajstić information content (AvgIpc) is 2.39. The second-order valence-electron chi connectivity index (χ2n) is 3.76. The second kappa shape index (κ2) is 4.78. The molecule has 86 valence electrons. The molecule has 1 aromatic carbocycles. The van der Waals surface area contributed by atoms with Crippen molar-refractivity contribution in [3.8, 4) is 11.3 Å². The van der Waals surface area contributed by atoms with E-state index in [-0.39, 0.29) is 5.97 Å². The highest BCUT2D eigenvalue weighted by Gasteiger charge is 2.12. The van der Waals surface area contributed by atoms with E-state index in [0.717, 1.165) is 16.8 Å². The van der Waals surface area contributed by atoms with Crippen LogP contribution in [0.15, 0.2) is 42.6 Å². The van der Waals surface area contributed by atoms with Crippen LogP contribution in [0.3, 0.4) is 0 Å². The molecule has 0 amide bonds. The van der Waals surface area contributed by atoms with Gasteiger partial charge >= 0.3 is 5.97 Å². The van der Waals surface area contributed by atoms with Crippen LogP contribution in [-0.4, -0.2) is 18.1 Å². The number of rotatable bonds is 2. The number of aromatic nitrogens is 1. The minimum Gasteiger partial charge on any atom is -0.465 e. The van der Waals surface area contributed by atoms with Gasteiger partial charge in [-0.05, 0) is 24.6 Å². The molecule has 2 rings (SSSR count). The standard InChI is InChI=1S/C14H13NO2/c1-10-7-8-13(15-9-10)11-5-3-4-6-12(11)14(16)17-2/h3-9H,1-2H3. The minimum absolute atomic E-state index is 0.344. The molecule has 1 aromatic heterocycles. The second-order valence-corrected chi connectivity index (χ2v) is 3.76. The summed E-state index contributed by atoms with van der Waals surface area (Å²) in [6.07, 6.45) is 1.78. The first-order valence-electron chi connectivity index (χ1n) is 5.33. The number of hydrogen-bond acceptors (Lipinski definition) is 3. The summed E-state index contributed by atoms with van der Waals surface area (Å²) in [6, 6.07) is 11.2. The first-order chi connectivity index (χ1) is 8.22. The molecule has 0 bridgehead atoms. The van der Waals surface area contributed by atoms with Crippen LogP contribution in [0.5, 0.6) is 0 Å². The molecule has 0 aliphatic heterocycles. The minimum atomic E-state index is -0.344. The number of carbonyl (C=O) groups excluding carboxylic acids is 1. The molecule has 0 fully saturated rings. The van der Waals surface area contributed by atoms with Crippen molar-refractivity contribution >= 4 is 5.97 Å². The largest absolute Gasteiger partial charge is 0.465 e. The van der Waals surface area contributed by atoms with E-state index in [1.165, 1.54) is 7.11 Å². The van der Waals surface area contributed by atoms with Gasteiger partial charge < -0.3 is 4.74 Å². The third-order valence-electron chi connectivity index (χ3n) is 2.52. The quantitative estimate of drug-likeness (QED) is 0.740. The van der Waals surface area contributed by atoms with E-state index in [9.17, 15) is 4.79 Å². The van der Waals surface area contributed by atoms with Crippen LogP contribution in [0.25, 0.3) is 11.3 Å². The van der Waals surface area contributed by atoms with Crippen LogP contribution < -0.4 is 0 Å². The zero-order valence-electron chi connectivity index (χ0n) is 9.81. The number of methoxy groups -OCH3 is 1. The number of pyridine rings is 1. The molecule has 3 heteroatoms. The van der Waals surface area contributed by atoms with Crippen molar-refractivity contribution < 1.29 is 9.53 Å². The molecule has 0 saturated carbocycles. The third-order valence-corrected chi connectivity index (χ3v) is 2.52. The van der Waals surface area contributed by atoms with Crippen LogP contribution in [0.1, 0.15) is 15.9 Å². The van der Waals surface area contributed by atoms with E-state index < -0.39 is 0 Å². The SMILES string of the molecule is COC(=O)c1ccccc1-c1ccc(C)cn1. The molecule has 0 N–H and O–H groups in total. The van der Waals surface area contributed by atoms with Gasteiger partial charge in [0.2, 0.25) is 0 Å². The molecule has 17 heavy (non-hydrogen) atoms. The summed E-state index contributed by atoms with van der Waals surface area (Å²) in [6.45, 7) is 1.98. The van der Waals surface area contributed by atoms with Crippen molar-refractivity contribution in [3.63, 3.8) is 0 Å². The Bertz CT molecular complexity index is 532. The number of benzene rings is 1. The van der Waals surface area contributed by atoms with E-state index in [1.54, 1.807) is 12.3 Å². The third kappa shape index (κ3) is 2.33. The number of ether oxygens (including phenoxy) is 1. The monoisotopic (exact) mass is 227 g/mol. The average molecular weight is 227 g/mol. The smallest absolute Gasteiger partial charge is 0.338 e.